The van der Waals surface area contributed by atoms with Crippen LogP contribution in [-0.2, 0) is 19.7 Å². The molecule has 4 saturated carbocycles. The van der Waals surface area contributed by atoms with Crippen LogP contribution in [0.25, 0.3) is 11.1 Å². The van der Waals surface area contributed by atoms with Gasteiger partial charge in [0, 0.05) is 67.2 Å². The van der Waals surface area contributed by atoms with Crippen LogP contribution >= 0.6 is 0 Å². The Hall–Kier alpha value is -3.88. The first kappa shape index (κ1) is 36.0. The molecule has 2 bridgehead atoms. The summed E-state index contributed by atoms with van der Waals surface area (Å²) in [6.07, 6.45) is 11.2. The monoisotopic (exact) mass is 654 g/mol. The van der Waals surface area contributed by atoms with Crippen LogP contribution in [0, 0.1) is 5.92 Å². The Labute approximate surface area is 273 Å². The molecule has 2 saturated heterocycles. The number of hydrogen-bond acceptors (Lipinski definition) is 8. The van der Waals surface area contributed by atoms with Crippen molar-refractivity contribution < 1.29 is 45.4 Å². The molecule has 6 aliphatic rings. The number of aliphatic carboxylic acids is 2. The predicted octanol–water partition coefficient (Wildman–Crippen LogP) is 1.71. The van der Waals surface area contributed by atoms with Gasteiger partial charge in [0.2, 0.25) is 0 Å². The van der Waals surface area contributed by atoms with E-state index < -0.39 is 17.5 Å². The zero-order valence-electron chi connectivity index (χ0n) is 26.4. The number of pyridine rings is 1. The number of aliphatic hydroxyl groups is 1. The van der Waals surface area contributed by atoms with E-state index in [1.807, 2.05) is 6.07 Å². The molecule has 13 nitrogen and oxygen atoms in total. The Kier molecular flexibility index (Phi) is 10.8. The molecule has 2 atom stereocenters. The number of hydrogen-bond donors (Lipinski definition) is 5. The van der Waals surface area contributed by atoms with Crippen molar-refractivity contribution in [3.8, 4) is 11.1 Å². The minimum atomic E-state index is -1.26. The first-order valence-corrected chi connectivity index (χ1v) is 15.9. The number of nitrogen functional groups attached to an aromatic ring is 1. The van der Waals surface area contributed by atoms with Crippen LogP contribution in [0.1, 0.15) is 73.7 Å². The lowest BCUT2D eigenvalue weighted by Gasteiger charge is -2.51. The summed E-state index contributed by atoms with van der Waals surface area (Å²) in [7, 11) is 0. The van der Waals surface area contributed by atoms with Gasteiger partial charge in [-0.15, -0.1) is 0 Å². The van der Waals surface area contributed by atoms with Crippen molar-refractivity contribution in [3.63, 3.8) is 0 Å². The molecule has 47 heavy (non-hydrogen) atoms. The molecule has 13 heteroatoms. The van der Waals surface area contributed by atoms with Gasteiger partial charge < -0.3 is 42.1 Å². The zero-order chi connectivity index (χ0) is 31.8. The fraction of sp³-hybridized carbons (Fsp3) is 0.529. The van der Waals surface area contributed by atoms with Crippen LogP contribution in [0.4, 0.5) is 5.82 Å². The minimum absolute atomic E-state index is 0. The summed E-state index contributed by atoms with van der Waals surface area (Å²) >= 11 is 0. The van der Waals surface area contributed by atoms with E-state index in [0.29, 0.717) is 29.2 Å². The van der Waals surface area contributed by atoms with Crippen LogP contribution in [0.3, 0.4) is 0 Å². The van der Waals surface area contributed by atoms with Crippen molar-refractivity contribution in [1.29, 1.82) is 0 Å². The van der Waals surface area contributed by atoms with E-state index in [4.69, 9.17) is 20.7 Å². The Balaban J connectivity index is 0.000000448. The summed E-state index contributed by atoms with van der Waals surface area (Å²) in [6.45, 7) is 4.17. The van der Waals surface area contributed by atoms with E-state index in [9.17, 15) is 19.5 Å². The van der Waals surface area contributed by atoms with Crippen LogP contribution in [0.5, 0.6) is 0 Å². The van der Waals surface area contributed by atoms with Crippen molar-refractivity contribution in [2.24, 2.45) is 5.92 Å². The number of anilines is 1. The van der Waals surface area contributed by atoms with E-state index in [-0.39, 0.29) is 28.2 Å². The van der Waals surface area contributed by atoms with Gasteiger partial charge in [0.15, 0.2) is 0 Å². The molecule has 2 aromatic rings. The van der Waals surface area contributed by atoms with Crippen LogP contribution in [-0.4, -0.2) is 97.5 Å². The van der Waals surface area contributed by atoms with Crippen molar-refractivity contribution in [2.75, 3.05) is 32.0 Å². The van der Waals surface area contributed by atoms with E-state index in [1.165, 1.54) is 18.5 Å². The van der Waals surface area contributed by atoms with Gasteiger partial charge in [0.05, 0.1) is 11.2 Å². The fourth-order valence-electron chi connectivity index (χ4n) is 7.91. The Morgan fingerprint density at radius 3 is 2.11 bits per heavy atom. The summed E-state index contributed by atoms with van der Waals surface area (Å²) in [5.74, 6) is -1.64. The first-order chi connectivity index (χ1) is 21.5. The minimum Gasteiger partial charge on any atom is -0.478 e. The maximum atomic E-state index is 13.3. The highest BCUT2D eigenvalue weighted by atomic mass is 16.5. The maximum absolute atomic E-state index is 13.3. The van der Waals surface area contributed by atoms with Gasteiger partial charge in [-0.25, -0.2) is 14.6 Å². The standard InChI is InChI=1S/C30H38N4O3.C4H4O4.2H2O/c31-26-25(27(35)33-28-7-10-29(36,11-8-28)12-9-28)15-21(17-32-26)20-1-3-22(4-2-20)30-16-23(30)18-34(19-30)24-5-13-37-14-6-24;5-3(6)1-2-4(7)8;;/h1-4,15,17,23-24,36H,5-14,16,18-19H2,(H2,31,32)(H,33,35);1-2H,(H,5,6)(H,7,8);2*1H2/b;2-1+;;/t23-,28?,29?,30+;;;/m1.../s1. The van der Waals surface area contributed by atoms with E-state index in [1.54, 1.807) is 6.20 Å². The van der Waals surface area contributed by atoms with Gasteiger partial charge in [-0.05, 0) is 80.9 Å². The summed E-state index contributed by atoms with van der Waals surface area (Å²) in [4.78, 5) is 39.5. The van der Waals surface area contributed by atoms with Crippen molar-refractivity contribution in [2.45, 2.75) is 80.4 Å². The number of amides is 1. The summed E-state index contributed by atoms with van der Waals surface area (Å²) in [6, 6.07) is 11.5. The molecular weight excluding hydrogens is 608 g/mol. The molecule has 256 valence electrons. The van der Waals surface area contributed by atoms with Crippen LogP contribution < -0.4 is 11.1 Å². The number of nitrogens with two attached hydrogens (primary N) is 1. The fourth-order valence-corrected chi connectivity index (χ4v) is 7.91. The number of carbonyl (C=O) groups excluding carboxylic acids is 1. The Morgan fingerprint density at radius 2 is 1.53 bits per heavy atom. The first-order valence-electron chi connectivity index (χ1n) is 15.9. The van der Waals surface area contributed by atoms with Gasteiger partial charge in [-0.1, -0.05) is 24.3 Å². The number of benzene rings is 1. The predicted molar refractivity (Wildman–Crippen MR) is 174 cm³/mol. The second-order valence-electron chi connectivity index (χ2n) is 13.5. The third-order valence-corrected chi connectivity index (χ3v) is 10.8. The highest BCUT2D eigenvalue weighted by Gasteiger charge is 2.61. The number of rotatable bonds is 7. The average molecular weight is 655 g/mol. The lowest BCUT2D eigenvalue weighted by molar-refractivity contribution is -0.134. The lowest BCUT2D eigenvalue weighted by Crippen LogP contribution is -2.58. The number of likely N-dealkylation sites (tertiary alicyclic amines) is 1. The number of piperidine rings is 1. The van der Waals surface area contributed by atoms with Crippen molar-refractivity contribution in [1.82, 2.24) is 15.2 Å². The average Bonchev–Trinajstić information content (AvgIpc) is 3.61. The van der Waals surface area contributed by atoms with E-state index in [2.05, 4.69) is 39.5 Å². The molecule has 6 fully saturated rings. The SMILES string of the molecule is Nc1ncc(-c2ccc([C@@]34C[C@@H]3CN(C3CCOCC3)C4)cc2)cc1C(=O)NC12CCC(O)(CC1)CC2.O.O.O=C(O)/C=C/C(=O)O. The molecule has 1 aromatic heterocycles. The number of carbonyl (C=O) groups is 3. The number of fused-ring (bicyclic) bond motifs is 4. The van der Waals surface area contributed by atoms with Gasteiger partial charge in [-0.3, -0.25) is 9.69 Å². The third-order valence-electron chi connectivity index (χ3n) is 10.8. The topological polar surface area (TPSA) is 238 Å². The third kappa shape index (κ3) is 7.65. The highest BCUT2D eigenvalue weighted by molar-refractivity contribution is 6.00. The summed E-state index contributed by atoms with van der Waals surface area (Å²) < 4.78 is 5.57. The summed E-state index contributed by atoms with van der Waals surface area (Å²) in [5.41, 5.74) is 9.56. The lowest BCUT2D eigenvalue weighted by atomic mass is 9.63. The number of aromatic nitrogens is 1. The van der Waals surface area contributed by atoms with Gasteiger partial charge in [0.1, 0.15) is 5.82 Å². The molecule has 2 aliphatic heterocycles. The van der Waals surface area contributed by atoms with Gasteiger partial charge >= 0.3 is 11.9 Å². The molecule has 4 aliphatic carbocycles. The second kappa shape index (κ2) is 14.1. The zero-order valence-corrected chi connectivity index (χ0v) is 26.4. The molecule has 0 unspecified atom stereocenters. The molecule has 0 radical (unpaired) electrons. The number of nitrogens with zero attached hydrogens (tertiary/aromatic N) is 2. The van der Waals surface area contributed by atoms with Crippen LogP contribution in [0.2, 0.25) is 0 Å². The van der Waals surface area contributed by atoms with E-state index >= 15 is 0 Å². The Bertz CT molecular complexity index is 1450. The molecule has 1 amide bonds. The molecule has 1 aromatic carbocycles. The molecule has 3 heterocycles. The van der Waals surface area contributed by atoms with Gasteiger partial charge in [0.25, 0.3) is 5.91 Å². The quantitative estimate of drug-likeness (QED) is 0.271. The maximum Gasteiger partial charge on any atom is 0.328 e. The van der Waals surface area contributed by atoms with Gasteiger partial charge in [-0.2, -0.15) is 0 Å². The Morgan fingerprint density at radius 1 is 0.936 bits per heavy atom. The smallest absolute Gasteiger partial charge is 0.328 e. The van der Waals surface area contributed by atoms with Crippen molar-refractivity contribution in [3.05, 3.63) is 59.8 Å². The van der Waals surface area contributed by atoms with Crippen LogP contribution in [0.15, 0.2) is 48.7 Å². The molecule has 0 spiro atoms. The molecule has 8 rings (SSSR count). The highest BCUT2D eigenvalue weighted by Crippen LogP contribution is 2.59. The number of carboxylic acid groups (broad SMARTS) is 2. The molecular formula is C34H46N4O9. The second-order valence-corrected chi connectivity index (χ2v) is 13.5. The number of nitrogens with one attached hydrogen (secondary N) is 1. The number of carboxylic acids is 2. The summed E-state index contributed by atoms with van der Waals surface area (Å²) in [5, 5.41) is 29.4. The molecule has 10 N–H and O–H groups in total. The van der Waals surface area contributed by atoms with Crippen molar-refractivity contribution >= 4 is 23.7 Å². The number of ether oxygens (including phenoxy) is 1. The largest absolute Gasteiger partial charge is 0.478 e. The van der Waals surface area contributed by atoms with E-state index in [0.717, 1.165) is 88.2 Å². The normalized spacial score (nSPS) is 29.4.